The van der Waals surface area contributed by atoms with E-state index in [4.69, 9.17) is 4.74 Å². The summed E-state index contributed by atoms with van der Waals surface area (Å²) in [5.74, 6) is 0.245. The summed E-state index contributed by atoms with van der Waals surface area (Å²) >= 11 is 0. The lowest BCUT2D eigenvalue weighted by Crippen LogP contribution is -2.25. The van der Waals surface area contributed by atoms with Crippen LogP contribution in [0.2, 0.25) is 0 Å². The number of nitrogens with zero attached hydrogens (tertiary/aromatic N) is 2. The number of aryl methyl sites for hydroxylation is 1. The largest absolute Gasteiger partial charge is 0.480 e. The number of ether oxygens (including phenoxy) is 1. The first-order valence-electron chi connectivity index (χ1n) is 7.02. The van der Waals surface area contributed by atoms with Crippen LogP contribution < -0.4 is 10.1 Å². The van der Waals surface area contributed by atoms with Crippen molar-refractivity contribution in [1.82, 2.24) is 15.5 Å². The summed E-state index contributed by atoms with van der Waals surface area (Å²) in [5.41, 5.74) is 2.68. The molecule has 0 aliphatic heterocycles. The highest BCUT2D eigenvalue weighted by Gasteiger charge is 2.18. The smallest absolute Gasteiger partial charge is 0.233 e. The normalized spacial score (nSPS) is 12.2. The van der Waals surface area contributed by atoms with Crippen molar-refractivity contribution in [2.45, 2.75) is 26.3 Å². The number of methoxy groups -OCH3 is 1. The van der Waals surface area contributed by atoms with E-state index in [1.807, 2.05) is 13.0 Å². The Balaban J connectivity index is 2.36. The van der Waals surface area contributed by atoms with Crippen LogP contribution in [0.3, 0.4) is 0 Å². The zero-order valence-electron chi connectivity index (χ0n) is 12.6. The van der Waals surface area contributed by atoms with E-state index in [0.29, 0.717) is 5.88 Å². The highest BCUT2D eigenvalue weighted by molar-refractivity contribution is 5.35. The quantitative estimate of drug-likeness (QED) is 0.888. The third kappa shape index (κ3) is 3.76. The first kappa shape index (κ1) is 15.4. The van der Waals surface area contributed by atoms with Gasteiger partial charge in [-0.25, -0.2) is 4.39 Å². The van der Waals surface area contributed by atoms with Crippen molar-refractivity contribution in [3.8, 4) is 5.88 Å². The molecule has 2 rings (SSSR count). The lowest BCUT2D eigenvalue weighted by atomic mass is 9.98. The Hall–Kier alpha value is -2.01. The van der Waals surface area contributed by atoms with Crippen LogP contribution in [0.1, 0.15) is 36.2 Å². The maximum atomic E-state index is 13.3. The molecule has 1 atom stereocenters. The fourth-order valence-corrected chi connectivity index (χ4v) is 2.22. The molecule has 0 bridgehead atoms. The van der Waals surface area contributed by atoms with Crippen LogP contribution in [0, 0.1) is 12.7 Å². The highest BCUT2D eigenvalue weighted by atomic mass is 19.1. The summed E-state index contributed by atoms with van der Waals surface area (Å²) in [5, 5.41) is 11.7. The van der Waals surface area contributed by atoms with Gasteiger partial charge < -0.3 is 10.1 Å². The predicted octanol–water partition coefficient (Wildman–Crippen LogP) is 3.02. The minimum Gasteiger partial charge on any atom is -0.480 e. The maximum absolute atomic E-state index is 13.3. The summed E-state index contributed by atoms with van der Waals surface area (Å²) in [6.45, 7) is 4.84. The number of hydrogen-bond acceptors (Lipinski definition) is 4. The van der Waals surface area contributed by atoms with Crippen molar-refractivity contribution >= 4 is 0 Å². The Kier molecular flexibility index (Phi) is 5.22. The van der Waals surface area contributed by atoms with Crippen LogP contribution in [0.25, 0.3) is 0 Å². The van der Waals surface area contributed by atoms with Gasteiger partial charge >= 0.3 is 0 Å². The molecule has 0 aliphatic carbocycles. The van der Waals surface area contributed by atoms with Crippen molar-refractivity contribution in [3.05, 3.63) is 53.0 Å². The first-order chi connectivity index (χ1) is 10.2. The molecule has 1 aromatic carbocycles. The molecule has 0 spiro atoms. The number of rotatable bonds is 6. The lowest BCUT2D eigenvalue weighted by molar-refractivity contribution is 0.390. The number of nitrogens with one attached hydrogen (secondary N) is 1. The first-order valence-corrected chi connectivity index (χ1v) is 7.02. The topological polar surface area (TPSA) is 47.0 Å². The van der Waals surface area contributed by atoms with E-state index < -0.39 is 0 Å². The molecule has 5 heteroatoms. The van der Waals surface area contributed by atoms with E-state index >= 15 is 0 Å². The van der Waals surface area contributed by atoms with Crippen LogP contribution in [-0.4, -0.2) is 23.9 Å². The van der Waals surface area contributed by atoms with Gasteiger partial charge in [0.15, 0.2) is 0 Å². The van der Waals surface area contributed by atoms with E-state index in [9.17, 15) is 4.39 Å². The van der Waals surface area contributed by atoms with Crippen molar-refractivity contribution in [2.24, 2.45) is 0 Å². The molecule has 0 saturated carbocycles. The second-order valence-electron chi connectivity index (χ2n) is 4.89. The molecule has 1 heterocycles. The molecular weight excluding hydrogens is 269 g/mol. The van der Waals surface area contributed by atoms with Crippen molar-refractivity contribution in [1.29, 1.82) is 0 Å². The summed E-state index contributed by atoms with van der Waals surface area (Å²) < 4.78 is 18.3. The third-order valence-electron chi connectivity index (χ3n) is 3.31. The van der Waals surface area contributed by atoms with Crippen LogP contribution in [0.15, 0.2) is 30.3 Å². The zero-order valence-corrected chi connectivity index (χ0v) is 12.6. The maximum Gasteiger partial charge on any atom is 0.233 e. The fraction of sp³-hybridized carbons (Fsp3) is 0.375. The monoisotopic (exact) mass is 289 g/mol. The number of halogens is 1. The van der Waals surface area contributed by atoms with Gasteiger partial charge in [0.1, 0.15) is 5.82 Å². The molecule has 0 aliphatic rings. The Morgan fingerprint density at radius 1 is 1.24 bits per heavy atom. The Morgan fingerprint density at radius 2 is 2.05 bits per heavy atom. The summed E-state index contributed by atoms with van der Waals surface area (Å²) in [4.78, 5) is 0. The molecule has 112 valence electrons. The van der Waals surface area contributed by atoms with Crippen molar-refractivity contribution < 1.29 is 9.13 Å². The van der Waals surface area contributed by atoms with Crippen LogP contribution in [-0.2, 0) is 0 Å². The standard InChI is InChI=1S/C16H20FN3O/c1-4-9-18-16(13-6-5-12(17)10-11(13)2)14-7-8-15(21-3)20-19-14/h5-8,10,16,18H,4,9H2,1-3H3. The van der Waals surface area contributed by atoms with Gasteiger partial charge in [0.05, 0.1) is 18.8 Å². The van der Waals surface area contributed by atoms with E-state index in [1.54, 1.807) is 19.2 Å². The highest BCUT2D eigenvalue weighted by Crippen LogP contribution is 2.24. The predicted molar refractivity (Wildman–Crippen MR) is 79.9 cm³/mol. The minimum atomic E-state index is -0.230. The van der Waals surface area contributed by atoms with E-state index in [1.165, 1.54) is 12.1 Å². The fourth-order valence-electron chi connectivity index (χ4n) is 2.22. The number of benzene rings is 1. The molecule has 2 aromatic rings. The molecule has 4 nitrogen and oxygen atoms in total. The van der Waals surface area contributed by atoms with Crippen LogP contribution >= 0.6 is 0 Å². The molecule has 0 radical (unpaired) electrons. The van der Waals surface area contributed by atoms with Gasteiger partial charge in [-0.2, -0.15) is 0 Å². The van der Waals surface area contributed by atoms with Gasteiger partial charge in [0.25, 0.3) is 0 Å². The minimum absolute atomic E-state index is 0.107. The van der Waals surface area contributed by atoms with Gasteiger partial charge in [-0.1, -0.05) is 13.0 Å². The third-order valence-corrected chi connectivity index (χ3v) is 3.31. The molecule has 1 N–H and O–H groups in total. The van der Waals surface area contributed by atoms with Crippen molar-refractivity contribution in [2.75, 3.05) is 13.7 Å². The SMILES string of the molecule is CCCNC(c1ccc(OC)nn1)c1ccc(F)cc1C. The molecule has 0 fully saturated rings. The van der Waals surface area contributed by atoms with Gasteiger partial charge in [0, 0.05) is 6.07 Å². The molecule has 0 amide bonds. The Labute approximate surface area is 124 Å². The van der Waals surface area contributed by atoms with Crippen molar-refractivity contribution in [3.63, 3.8) is 0 Å². The summed E-state index contributed by atoms with van der Waals surface area (Å²) in [7, 11) is 1.56. The second kappa shape index (κ2) is 7.13. The molecular formula is C16H20FN3O. The van der Waals surface area contributed by atoms with Gasteiger partial charge in [0.2, 0.25) is 5.88 Å². The molecule has 1 unspecified atom stereocenters. The van der Waals surface area contributed by atoms with E-state index in [2.05, 4.69) is 22.4 Å². The average Bonchev–Trinajstić information content (AvgIpc) is 2.50. The number of aromatic nitrogens is 2. The van der Waals surface area contributed by atoms with Crippen LogP contribution in [0.5, 0.6) is 5.88 Å². The molecule has 0 saturated heterocycles. The Morgan fingerprint density at radius 3 is 2.62 bits per heavy atom. The Bertz CT molecular complexity index is 587. The second-order valence-corrected chi connectivity index (χ2v) is 4.89. The van der Waals surface area contributed by atoms with Gasteiger partial charge in [-0.3, -0.25) is 0 Å². The van der Waals surface area contributed by atoms with Crippen LogP contribution in [0.4, 0.5) is 4.39 Å². The average molecular weight is 289 g/mol. The zero-order chi connectivity index (χ0) is 15.2. The van der Waals surface area contributed by atoms with E-state index in [0.717, 1.165) is 29.8 Å². The lowest BCUT2D eigenvalue weighted by Gasteiger charge is -2.20. The molecule has 1 aromatic heterocycles. The summed E-state index contributed by atoms with van der Waals surface area (Å²) in [6, 6.07) is 8.35. The number of hydrogen-bond donors (Lipinski definition) is 1. The van der Waals surface area contributed by atoms with Gasteiger partial charge in [-0.15, -0.1) is 10.2 Å². The molecule has 21 heavy (non-hydrogen) atoms. The van der Waals surface area contributed by atoms with Gasteiger partial charge in [-0.05, 0) is 49.2 Å². The van der Waals surface area contributed by atoms with E-state index in [-0.39, 0.29) is 11.9 Å². The summed E-state index contributed by atoms with van der Waals surface area (Å²) in [6.07, 6.45) is 1.00.